The van der Waals surface area contributed by atoms with Crippen LogP contribution in [0.5, 0.6) is 5.75 Å². The van der Waals surface area contributed by atoms with Crippen LogP contribution in [0.3, 0.4) is 0 Å². The minimum Gasteiger partial charge on any atom is -0.506 e. The van der Waals surface area contributed by atoms with Crippen LogP contribution in [0, 0.1) is 0 Å². The molecule has 0 unspecified atom stereocenters. The van der Waals surface area contributed by atoms with E-state index in [4.69, 9.17) is 11.6 Å². The van der Waals surface area contributed by atoms with Gasteiger partial charge >= 0.3 is 0 Å². The number of hydrogen-bond acceptors (Lipinski definition) is 5. The van der Waals surface area contributed by atoms with Gasteiger partial charge in [0.15, 0.2) is 5.15 Å². The Morgan fingerprint density at radius 2 is 1.92 bits per heavy atom. The number of nitrogens with zero attached hydrogens (tertiary/aromatic N) is 3. The predicted octanol–water partition coefficient (Wildman–Crippen LogP) is 2.59. The first-order valence-corrected chi connectivity index (χ1v) is 8.62. The monoisotopic (exact) mass is 360 g/mol. The molecule has 7 heteroatoms. The Kier molecular flexibility index (Phi) is 5.40. The number of phenolic OH excluding ortho intramolecular Hbond substituents is 1. The fourth-order valence-corrected chi connectivity index (χ4v) is 3.13. The van der Waals surface area contributed by atoms with Crippen molar-refractivity contribution in [3.63, 3.8) is 0 Å². The number of anilines is 2. The highest BCUT2D eigenvalue weighted by Crippen LogP contribution is 2.27. The van der Waals surface area contributed by atoms with Crippen molar-refractivity contribution in [3.8, 4) is 5.75 Å². The number of aromatic hydroxyl groups is 1. The number of para-hydroxylation sites is 2. The fourth-order valence-electron chi connectivity index (χ4n) is 2.96. The number of piperazine rings is 1. The first-order chi connectivity index (χ1) is 12.1. The lowest BCUT2D eigenvalue weighted by Gasteiger charge is -2.38. The van der Waals surface area contributed by atoms with Gasteiger partial charge in [-0.25, -0.2) is 4.98 Å². The topological polar surface area (TPSA) is 68.7 Å². The van der Waals surface area contributed by atoms with Crippen LogP contribution in [0.15, 0.2) is 42.6 Å². The van der Waals surface area contributed by atoms with E-state index in [1.807, 2.05) is 25.1 Å². The van der Waals surface area contributed by atoms with E-state index >= 15 is 0 Å². The Bertz CT molecular complexity index is 747. The van der Waals surface area contributed by atoms with Crippen LogP contribution in [0.2, 0.25) is 5.15 Å². The Labute approximate surface area is 152 Å². The molecule has 1 atom stereocenters. The maximum Gasteiger partial charge on any atom is 0.241 e. The number of benzene rings is 1. The molecule has 1 aliphatic rings. The smallest absolute Gasteiger partial charge is 0.241 e. The highest BCUT2D eigenvalue weighted by atomic mass is 35.5. The molecule has 6 nitrogen and oxygen atoms in total. The third-order valence-corrected chi connectivity index (χ3v) is 4.78. The van der Waals surface area contributed by atoms with E-state index in [-0.39, 0.29) is 22.9 Å². The molecule has 25 heavy (non-hydrogen) atoms. The molecule has 2 heterocycles. The van der Waals surface area contributed by atoms with E-state index in [2.05, 4.69) is 20.1 Å². The molecular weight excluding hydrogens is 340 g/mol. The molecule has 1 aliphatic heterocycles. The second-order valence-electron chi connectivity index (χ2n) is 6.02. The van der Waals surface area contributed by atoms with Gasteiger partial charge in [0, 0.05) is 32.4 Å². The highest BCUT2D eigenvalue weighted by Gasteiger charge is 2.26. The Balaban J connectivity index is 1.58. The number of halogens is 1. The van der Waals surface area contributed by atoms with Crippen molar-refractivity contribution in [2.24, 2.45) is 0 Å². The van der Waals surface area contributed by atoms with Gasteiger partial charge in [-0.2, -0.15) is 0 Å². The maximum atomic E-state index is 12.5. The summed E-state index contributed by atoms with van der Waals surface area (Å²) < 4.78 is 0. The number of aromatic nitrogens is 1. The third-order valence-electron chi connectivity index (χ3n) is 4.48. The first-order valence-electron chi connectivity index (χ1n) is 8.24. The van der Waals surface area contributed by atoms with Crippen molar-refractivity contribution in [1.82, 2.24) is 9.88 Å². The van der Waals surface area contributed by atoms with Gasteiger partial charge < -0.3 is 15.3 Å². The first kappa shape index (κ1) is 17.5. The van der Waals surface area contributed by atoms with Gasteiger partial charge in [0.25, 0.3) is 0 Å². The summed E-state index contributed by atoms with van der Waals surface area (Å²) in [4.78, 5) is 20.7. The average molecular weight is 361 g/mol. The molecule has 0 bridgehead atoms. The van der Waals surface area contributed by atoms with Crippen molar-refractivity contribution in [2.75, 3.05) is 36.4 Å². The molecule has 1 aromatic heterocycles. The maximum absolute atomic E-state index is 12.5. The molecule has 2 N–H and O–H groups in total. The summed E-state index contributed by atoms with van der Waals surface area (Å²) in [6.45, 7) is 4.87. The summed E-state index contributed by atoms with van der Waals surface area (Å²) >= 11 is 5.99. The second kappa shape index (κ2) is 7.72. The quantitative estimate of drug-likeness (QED) is 0.820. The van der Waals surface area contributed by atoms with E-state index in [9.17, 15) is 9.90 Å². The zero-order chi connectivity index (χ0) is 17.8. The normalized spacial score (nSPS) is 16.5. The van der Waals surface area contributed by atoms with Crippen LogP contribution in [0.25, 0.3) is 0 Å². The SMILES string of the molecule is C[C@H](C(=O)Nc1cccnc1Cl)N1CCN(c2ccccc2O)CC1. The van der Waals surface area contributed by atoms with Gasteiger partial charge in [0.1, 0.15) is 5.75 Å². The molecule has 0 saturated carbocycles. The number of rotatable bonds is 4. The molecule has 2 aromatic rings. The second-order valence-corrected chi connectivity index (χ2v) is 6.38. The summed E-state index contributed by atoms with van der Waals surface area (Å²) in [5.41, 5.74) is 1.36. The molecule has 0 spiro atoms. The van der Waals surface area contributed by atoms with Gasteiger partial charge in [-0.3, -0.25) is 9.69 Å². The van der Waals surface area contributed by atoms with E-state index in [0.717, 1.165) is 31.9 Å². The summed E-state index contributed by atoms with van der Waals surface area (Å²) in [5.74, 6) is 0.180. The van der Waals surface area contributed by atoms with Crippen LogP contribution in [-0.4, -0.2) is 53.1 Å². The number of hydrogen-bond donors (Lipinski definition) is 2. The van der Waals surface area contributed by atoms with Gasteiger partial charge in [0.2, 0.25) is 5.91 Å². The van der Waals surface area contributed by atoms with Gasteiger partial charge in [-0.1, -0.05) is 23.7 Å². The summed E-state index contributed by atoms with van der Waals surface area (Å²) in [6.07, 6.45) is 1.58. The Morgan fingerprint density at radius 3 is 2.60 bits per heavy atom. The molecule has 0 aliphatic carbocycles. The van der Waals surface area contributed by atoms with Gasteiger partial charge in [-0.15, -0.1) is 0 Å². The van der Waals surface area contributed by atoms with E-state index in [0.29, 0.717) is 5.69 Å². The van der Waals surface area contributed by atoms with Crippen LogP contribution >= 0.6 is 11.6 Å². The van der Waals surface area contributed by atoms with Crippen molar-refractivity contribution in [2.45, 2.75) is 13.0 Å². The van der Waals surface area contributed by atoms with E-state index in [1.165, 1.54) is 0 Å². The average Bonchev–Trinajstić information content (AvgIpc) is 2.63. The molecule has 1 fully saturated rings. The standard InChI is InChI=1S/C18H21ClN4O2/c1-13(18(25)21-14-5-4-8-20-17(14)19)22-9-11-23(12-10-22)15-6-2-3-7-16(15)24/h2-8,13,24H,9-12H2,1H3,(H,21,25)/t13-/m1/s1. The van der Waals surface area contributed by atoms with Crippen LogP contribution in [0.1, 0.15) is 6.92 Å². The van der Waals surface area contributed by atoms with Crippen LogP contribution in [0.4, 0.5) is 11.4 Å². The Hall–Kier alpha value is -2.31. The lowest BCUT2D eigenvalue weighted by atomic mass is 10.2. The molecular formula is C18H21ClN4O2. The summed E-state index contributed by atoms with van der Waals surface area (Å²) in [6, 6.07) is 10.5. The number of phenols is 1. The summed E-state index contributed by atoms with van der Waals surface area (Å²) in [5, 5.41) is 13.1. The fraction of sp³-hybridized carbons (Fsp3) is 0.333. The summed E-state index contributed by atoms with van der Waals surface area (Å²) in [7, 11) is 0. The lowest BCUT2D eigenvalue weighted by Crippen LogP contribution is -2.52. The third kappa shape index (κ3) is 4.03. The lowest BCUT2D eigenvalue weighted by molar-refractivity contribution is -0.120. The van der Waals surface area contributed by atoms with Crippen molar-refractivity contribution >= 4 is 28.9 Å². The molecule has 1 aromatic carbocycles. The van der Waals surface area contributed by atoms with Crippen molar-refractivity contribution in [3.05, 3.63) is 47.7 Å². The van der Waals surface area contributed by atoms with Gasteiger partial charge in [-0.05, 0) is 31.2 Å². The number of carbonyl (C=O) groups excluding carboxylic acids is 1. The number of pyridine rings is 1. The molecule has 0 radical (unpaired) electrons. The van der Waals surface area contributed by atoms with Crippen molar-refractivity contribution in [1.29, 1.82) is 0 Å². The van der Waals surface area contributed by atoms with Crippen LogP contribution in [-0.2, 0) is 4.79 Å². The van der Waals surface area contributed by atoms with E-state index in [1.54, 1.807) is 24.4 Å². The van der Waals surface area contributed by atoms with E-state index < -0.39 is 0 Å². The molecule has 1 amide bonds. The molecule has 1 saturated heterocycles. The molecule has 132 valence electrons. The predicted molar refractivity (Wildman–Crippen MR) is 99.2 cm³/mol. The number of carbonyl (C=O) groups is 1. The van der Waals surface area contributed by atoms with Gasteiger partial charge in [0.05, 0.1) is 17.4 Å². The molecule has 3 rings (SSSR count). The zero-order valence-electron chi connectivity index (χ0n) is 14.0. The largest absolute Gasteiger partial charge is 0.506 e. The van der Waals surface area contributed by atoms with Crippen molar-refractivity contribution < 1.29 is 9.90 Å². The minimum absolute atomic E-state index is 0.106. The highest BCUT2D eigenvalue weighted by molar-refractivity contribution is 6.32. The van der Waals surface area contributed by atoms with Crippen LogP contribution < -0.4 is 10.2 Å². The minimum atomic E-state index is -0.275. The zero-order valence-corrected chi connectivity index (χ0v) is 14.8. The Morgan fingerprint density at radius 1 is 1.20 bits per heavy atom. The number of amides is 1. The number of nitrogens with one attached hydrogen (secondary N) is 1.